The summed E-state index contributed by atoms with van der Waals surface area (Å²) in [6.07, 6.45) is 0.683. The lowest BCUT2D eigenvalue weighted by Crippen LogP contribution is -2.59. The normalized spacial score (nSPS) is 18.4. The number of aryl methyl sites for hydroxylation is 1. The quantitative estimate of drug-likeness (QED) is 0.559. The second-order valence-corrected chi connectivity index (χ2v) is 9.82. The number of halogens is 1. The van der Waals surface area contributed by atoms with Crippen LogP contribution in [0.15, 0.2) is 78.9 Å². The van der Waals surface area contributed by atoms with Crippen molar-refractivity contribution in [3.05, 3.63) is 107 Å². The zero-order valence-electron chi connectivity index (χ0n) is 21.2. The van der Waals surface area contributed by atoms with E-state index in [1.54, 1.807) is 28.0 Å². The molecule has 8 heteroatoms. The minimum atomic E-state index is -1.02. The summed E-state index contributed by atoms with van der Waals surface area (Å²) in [7, 11) is 0. The lowest BCUT2D eigenvalue weighted by atomic mass is 9.95. The molecule has 2 saturated heterocycles. The van der Waals surface area contributed by atoms with E-state index in [9.17, 15) is 18.8 Å². The third-order valence-electron chi connectivity index (χ3n) is 7.26. The van der Waals surface area contributed by atoms with Gasteiger partial charge in [-0.1, -0.05) is 54.1 Å². The van der Waals surface area contributed by atoms with Gasteiger partial charge in [0.25, 0.3) is 11.8 Å². The number of likely N-dealkylation sites (tertiary alicyclic amines) is 1. The van der Waals surface area contributed by atoms with Gasteiger partial charge in [-0.2, -0.15) is 0 Å². The molecule has 196 valence electrons. The van der Waals surface area contributed by atoms with Gasteiger partial charge in [-0.05, 0) is 42.8 Å². The van der Waals surface area contributed by atoms with Crippen LogP contribution in [0.2, 0.25) is 0 Å². The van der Waals surface area contributed by atoms with Crippen LogP contribution in [0.1, 0.15) is 44.7 Å². The van der Waals surface area contributed by atoms with Crippen molar-refractivity contribution < 1.29 is 23.5 Å². The molecule has 3 amide bonds. The number of nitrogens with one attached hydrogen (secondary N) is 1. The molecule has 0 bridgehead atoms. The molecule has 7 nitrogen and oxygen atoms in total. The van der Waals surface area contributed by atoms with Crippen LogP contribution in [0, 0.1) is 12.7 Å². The van der Waals surface area contributed by atoms with Crippen molar-refractivity contribution in [2.24, 2.45) is 0 Å². The zero-order chi connectivity index (χ0) is 26.7. The van der Waals surface area contributed by atoms with Crippen LogP contribution in [0.4, 0.5) is 4.39 Å². The molecular weight excluding hydrogens is 485 g/mol. The van der Waals surface area contributed by atoms with Gasteiger partial charge >= 0.3 is 0 Å². The van der Waals surface area contributed by atoms with Crippen molar-refractivity contribution >= 4 is 17.7 Å². The van der Waals surface area contributed by atoms with Gasteiger partial charge < -0.3 is 15.0 Å². The monoisotopic (exact) mass is 515 g/mol. The van der Waals surface area contributed by atoms with E-state index in [4.69, 9.17) is 4.74 Å². The average molecular weight is 516 g/mol. The lowest BCUT2D eigenvalue weighted by Gasteiger charge is -2.44. The fourth-order valence-corrected chi connectivity index (χ4v) is 5.25. The number of benzene rings is 3. The molecule has 1 N–H and O–H groups in total. The number of rotatable bonds is 5. The molecule has 38 heavy (non-hydrogen) atoms. The second-order valence-electron chi connectivity index (χ2n) is 9.82. The van der Waals surface area contributed by atoms with Crippen LogP contribution < -0.4 is 5.32 Å². The summed E-state index contributed by atoms with van der Waals surface area (Å²) < 4.78 is 19.9. The van der Waals surface area contributed by atoms with Gasteiger partial charge in [0.15, 0.2) is 0 Å². The van der Waals surface area contributed by atoms with Crippen LogP contribution in [0.25, 0.3) is 0 Å². The fraction of sp³-hybridized carbons (Fsp3) is 0.300. The molecule has 2 heterocycles. The lowest BCUT2D eigenvalue weighted by molar-refractivity contribution is -0.128. The Labute approximate surface area is 221 Å². The molecule has 1 spiro atoms. The summed E-state index contributed by atoms with van der Waals surface area (Å²) in [5, 5.41) is 2.95. The first-order valence-corrected chi connectivity index (χ1v) is 12.8. The standard InChI is InChI=1S/C30H30FN3O4/c1-21-7-5-10-23(17-21)29(37)34-26(27(35)32-19-22-8-3-2-4-9-22)20-38-30(34)13-15-33(16-14-30)28(36)24-11-6-12-25(31)18-24/h2-12,17-18,26H,13-16,19-20H2,1H3,(H,32,35). The number of ether oxygens (including phenoxy) is 1. The number of carbonyl (C=O) groups is 3. The molecule has 2 fully saturated rings. The summed E-state index contributed by atoms with van der Waals surface area (Å²) in [6.45, 7) is 2.94. The largest absolute Gasteiger partial charge is 0.353 e. The van der Waals surface area contributed by atoms with Crippen molar-refractivity contribution in [3.8, 4) is 0 Å². The minimum absolute atomic E-state index is 0.0655. The highest BCUT2D eigenvalue weighted by atomic mass is 19.1. The van der Waals surface area contributed by atoms with Crippen molar-refractivity contribution in [2.75, 3.05) is 19.7 Å². The van der Waals surface area contributed by atoms with Crippen molar-refractivity contribution in [3.63, 3.8) is 0 Å². The van der Waals surface area contributed by atoms with E-state index >= 15 is 0 Å². The molecule has 3 aromatic carbocycles. The summed E-state index contributed by atoms with van der Waals surface area (Å²) >= 11 is 0. The van der Waals surface area contributed by atoms with Crippen LogP contribution >= 0.6 is 0 Å². The Morgan fingerprint density at radius 1 is 0.921 bits per heavy atom. The molecule has 0 aliphatic carbocycles. The van der Waals surface area contributed by atoms with Gasteiger partial charge in [0.05, 0.1) is 6.61 Å². The number of amides is 3. The average Bonchev–Trinajstić information content (AvgIpc) is 3.30. The topological polar surface area (TPSA) is 79.0 Å². The Bertz CT molecular complexity index is 1340. The van der Waals surface area contributed by atoms with Crippen molar-refractivity contribution in [2.45, 2.75) is 38.1 Å². The number of carbonyl (C=O) groups excluding carboxylic acids is 3. The van der Waals surface area contributed by atoms with E-state index in [-0.39, 0.29) is 29.9 Å². The highest BCUT2D eigenvalue weighted by Crippen LogP contribution is 2.39. The molecule has 2 aliphatic heterocycles. The van der Waals surface area contributed by atoms with E-state index in [1.807, 2.05) is 49.4 Å². The van der Waals surface area contributed by atoms with Crippen LogP contribution in [0.3, 0.4) is 0 Å². The second kappa shape index (κ2) is 10.8. The third kappa shape index (κ3) is 5.17. The van der Waals surface area contributed by atoms with E-state index in [0.29, 0.717) is 38.0 Å². The number of nitrogens with zero attached hydrogens (tertiary/aromatic N) is 2. The van der Waals surface area contributed by atoms with Crippen molar-refractivity contribution in [1.82, 2.24) is 15.1 Å². The Morgan fingerprint density at radius 2 is 1.61 bits per heavy atom. The van der Waals surface area contributed by atoms with E-state index in [0.717, 1.165) is 11.1 Å². The van der Waals surface area contributed by atoms with Crippen LogP contribution in [0.5, 0.6) is 0 Å². The minimum Gasteiger partial charge on any atom is -0.353 e. The maximum absolute atomic E-state index is 13.9. The highest BCUT2D eigenvalue weighted by Gasteiger charge is 2.54. The molecule has 1 atom stereocenters. The molecule has 3 aromatic rings. The first-order chi connectivity index (χ1) is 18.4. The van der Waals surface area contributed by atoms with Gasteiger partial charge in [-0.15, -0.1) is 0 Å². The van der Waals surface area contributed by atoms with Gasteiger partial charge in [0.2, 0.25) is 5.91 Å². The maximum atomic E-state index is 13.9. The highest BCUT2D eigenvalue weighted by molar-refractivity contribution is 5.99. The Morgan fingerprint density at radius 3 is 2.29 bits per heavy atom. The first-order valence-electron chi connectivity index (χ1n) is 12.8. The van der Waals surface area contributed by atoms with E-state index < -0.39 is 17.6 Å². The van der Waals surface area contributed by atoms with Crippen LogP contribution in [-0.2, 0) is 16.1 Å². The number of hydrogen-bond acceptors (Lipinski definition) is 4. The third-order valence-corrected chi connectivity index (χ3v) is 7.26. The fourth-order valence-electron chi connectivity index (χ4n) is 5.25. The molecule has 2 aliphatic rings. The number of piperidine rings is 1. The zero-order valence-corrected chi connectivity index (χ0v) is 21.2. The summed E-state index contributed by atoms with van der Waals surface area (Å²) in [6, 6.07) is 21.6. The van der Waals surface area contributed by atoms with Gasteiger partial charge in [0.1, 0.15) is 17.6 Å². The predicted octanol–water partition coefficient (Wildman–Crippen LogP) is 3.92. The molecule has 0 aromatic heterocycles. The van der Waals surface area contributed by atoms with E-state index in [1.165, 1.54) is 18.2 Å². The first kappa shape index (κ1) is 25.6. The number of hydrogen-bond donors (Lipinski definition) is 1. The smallest absolute Gasteiger partial charge is 0.256 e. The molecule has 5 rings (SSSR count). The van der Waals surface area contributed by atoms with E-state index in [2.05, 4.69) is 5.32 Å². The molecule has 0 radical (unpaired) electrons. The summed E-state index contributed by atoms with van der Waals surface area (Å²) in [5.74, 6) is -1.31. The Kier molecular flexibility index (Phi) is 7.24. The molecule has 0 saturated carbocycles. The molecule has 1 unspecified atom stereocenters. The summed E-state index contributed by atoms with van der Waals surface area (Å²) in [4.78, 5) is 43.5. The van der Waals surface area contributed by atoms with Gasteiger partial charge in [0, 0.05) is 43.6 Å². The Hall–Kier alpha value is -4.04. The maximum Gasteiger partial charge on any atom is 0.256 e. The Balaban J connectivity index is 1.37. The predicted molar refractivity (Wildman–Crippen MR) is 140 cm³/mol. The van der Waals surface area contributed by atoms with Gasteiger partial charge in [-0.3, -0.25) is 19.3 Å². The van der Waals surface area contributed by atoms with Crippen LogP contribution in [-0.4, -0.2) is 59.0 Å². The van der Waals surface area contributed by atoms with Gasteiger partial charge in [-0.25, -0.2) is 4.39 Å². The van der Waals surface area contributed by atoms with Crippen molar-refractivity contribution in [1.29, 1.82) is 0 Å². The SMILES string of the molecule is Cc1cccc(C(=O)N2C(C(=O)NCc3ccccc3)COC23CCN(C(=O)c2cccc(F)c2)CC3)c1. The molecular formula is C30H30FN3O4. The summed E-state index contributed by atoms with van der Waals surface area (Å²) in [5.41, 5.74) is 1.63.